The molecule has 5 heteroatoms. The zero-order valence-electron chi connectivity index (χ0n) is 15.6. The topological polar surface area (TPSA) is 46.7 Å². The van der Waals surface area contributed by atoms with Gasteiger partial charge in [0.15, 0.2) is 0 Å². The van der Waals surface area contributed by atoms with Crippen LogP contribution in [0, 0.1) is 12.7 Å². The summed E-state index contributed by atoms with van der Waals surface area (Å²) in [5.74, 6) is -0.568. The van der Waals surface area contributed by atoms with E-state index in [0.717, 1.165) is 11.1 Å². The second-order valence-electron chi connectivity index (χ2n) is 6.65. The molecule has 0 aliphatic heterocycles. The molecule has 0 atom stereocenters. The summed E-state index contributed by atoms with van der Waals surface area (Å²) in [6, 6.07) is 21.0. The lowest BCUT2D eigenvalue weighted by Gasteiger charge is -2.04. The van der Waals surface area contributed by atoms with E-state index in [-0.39, 0.29) is 11.6 Å². The van der Waals surface area contributed by atoms with E-state index < -0.39 is 0 Å². The fourth-order valence-corrected chi connectivity index (χ4v) is 3.20. The van der Waals surface area contributed by atoms with Crippen molar-refractivity contribution in [3.8, 4) is 0 Å². The number of aromatic nitrogens is 1. The molecule has 138 valence electrons. The number of halogens is 1. The van der Waals surface area contributed by atoms with Crippen LogP contribution in [0.1, 0.15) is 21.6 Å². The number of azo groups is 1. The lowest BCUT2D eigenvalue weighted by atomic mass is 10.1. The van der Waals surface area contributed by atoms with E-state index in [9.17, 15) is 9.18 Å². The van der Waals surface area contributed by atoms with Crippen molar-refractivity contribution in [2.45, 2.75) is 6.92 Å². The smallest absolute Gasteiger partial charge is 0.211 e. The number of ketones is 1. The minimum atomic E-state index is -0.386. The van der Waals surface area contributed by atoms with Crippen LogP contribution >= 0.6 is 0 Å². The average Bonchev–Trinajstić information content (AvgIpc) is 2.98. The zero-order valence-corrected chi connectivity index (χ0v) is 15.6. The van der Waals surface area contributed by atoms with Gasteiger partial charge >= 0.3 is 0 Å². The van der Waals surface area contributed by atoms with Gasteiger partial charge in [-0.2, -0.15) is 5.11 Å². The van der Waals surface area contributed by atoms with Crippen LogP contribution in [0.3, 0.4) is 0 Å². The molecule has 4 aromatic rings. The first-order chi connectivity index (χ1) is 13.5. The molecule has 1 aromatic heterocycles. The Balaban J connectivity index is 1.91. The van der Waals surface area contributed by atoms with Crippen molar-refractivity contribution >= 4 is 28.1 Å². The van der Waals surface area contributed by atoms with Gasteiger partial charge in [-0.05, 0) is 37.3 Å². The largest absolute Gasteiger partial charge is 0.339 e. The van der Waals surface area contributed by atoms with Crippen LogP contribution in [-0.2, 0) is 7.05 Å². The molecular formula is C23H18FN3O. The first-order valence-electron chi connectivity index (χ1n) is 8.90. The quantitative estimate of drug-likeness (QED) is 0.308. The number of fused-ring (bicyclic) bond motifs is 1. The van der Waals surface area contributed by atoms with Gasteiger partial charge in [-0.1, -0.05) is 48.0 Å². The normalized spacial score (nSPS) is 11.4. The summed E-state index contributed by atoms with van der Waals surface area (Å²) in [5.41, 5.74) is 3.79. The Kier molecular flexibility index (Phi) is 4.57. The monoisotopic (exact) mass is 371 g/mol. The number of hydrogen-bond acceptors (Lipinski definition) is 3. The Morgan fingerprint density at radius 2 is 1.64 bits per heavy atom. The van der Waals surface area contributed by atoms with Crippen molar-refractivity contribution in [1.82, 2.24) is 4.57 Å². The third-order valence-electron chi connectivity index (χ3n) is 4.69. The molecule has 28 heavy (non-hydrogen) atoms. The van der Waals surface area contributed by atoms with Crippen LogP contribution in [0.15, 0.2) is 83.0 Å². The molecule has 0 saturated heterocycles. The van der Waals surface area contributed by atoms with E-state index in [1.54, 1.807) is 29.8 Å². The van der Waals surface area contributed by atoms with E-state index >= 15 is 0 Å². The summed E-state index contributed by atoms with van der Waals surface area (Å²) in [5, 5.41) is 9.20. The lowest BCUT2D eigenvalue weighted by Crippen LogP contribution is -2.07. The van der Waals surface area contributed by atoms with Gasteiger partial charge < -0.3 is 4.57 Å². The Bertz CT molecular complexity index is 1190. The van der Waals surface area contributed by atoms with Crippen molar-refractivity contribution in [1.29, 1.82) is 0 Å². The van der Waals surface area contributed by atoms with E-state index in [1.807, 2.05) is 49.4 Å². The van der Waals surface area contributed by atoms with Crippen molar-refractivity contribution in [3.05, 3.63) is 95.4 Å². The third-order valence-corrected chi connectivity index (χ3v) is 4.69. The van der Waals surface area contributed by atoms with Crippen molar-refractivity contribution < 1.29 is 9.18 Å². The molecule has 0 unspecified atom stereocenters. The molecular weight excluding hydrogens is 353 g/mol. The van der Waals surface area contributed by atoms with Gasteiger partial charge in [-0.15, -0.1) is 5.11 Å². The number of hydrogen-bond donors (Lipinski definition) is 0. The second-order valence-corrected chi connectivity index (χ2v) is 6.65. The summed E-state index contributed by atoms with van der Waals surface area (Å²) in [6.07, 6.45) is 0. The van der Waals surface area contributed by atoms with Crippen LogP contribution in [0.2, 0.25) is 0 Å². The Hall–Kier alpha value is -3.60. The standard InChI is InChI=1S/C23H18FN3O/c1-15-8-11-18(12-9-15)25-26-21-19-14-17(24)10-13-20(19)27(2)22(21)23(28)16-6-4-3-5-7-16/h3-14H,1-2H3/b26-25+. The molecule has 0 saturated carbocycles. The predicted molar refractivity (Wildman–Crippen MR) is 108 cm³/mol. The summed E-state index contributed by atoms with van der Waals surface area (Å²) >= 11 is 0. The van der Waals surface area contributed by atoms with Gasteiger partial charge in [-0.3, -0.25) is 4.79 Å². The van der Waals surface area contributed by atoms with Gasteiger partial charge in [0.1, 0.15) is 17.2 Å². The summed E-state index contributed by atoms with van der Waals surface area (Å²) in [6.45, 7) is 1.99. The predicted octanol–water partition coefficient (Wildman–Crippen LogP) is 6.27. The highest BCUT2D eigenvalue weighted by atomic mass is 19.1. The molecule has 1 heterocycles. The first-order valence-corrected chi connectivity index (χ1v) is 8.90. The maximum atomic E-state index is 13.9. The summed E-state index contributed by atoms with van der Waals surface area (Å²) in [4.78, 5) is 13.2. The Labute approximate surface area is 162 Å². The SMILES string of the molecule is Cc1ccc(/N=N/c2c(C(=O)c3ccccc3)n(C)c3ccc(F)cc23)cc1. The molecule has 4 rings (SSSR count). The number of rotatable bonds is 4. The van der Waals surface area contributed by atoms with Crippen molar-refractivity contribution in [2.24, 2.45) is 17.3 Å². The molecule has 0 amide bonds. The molecule has 0 bridgehead atoms. The highest BCUT2D eigenvalue weighted by molar-refractivity contribution is 6.15. The van der Waals surface area contributed by atoms with Crippen LogP contribution in [0.5, 0.6) is 0 Å². The van der Waals surface area contributed by atoms with E-state index in [4.69, 9.17) is 0 Å². The van der Waals surface area contributed by atoms with E-state index in [0.29, 0.717) is 28.0 Å². The minimum Gasteiger partial charge on any atom is -0.339 e. The molecule has 0 aliphatic rings. The molecule has 4 nitrogen and oxygen atoms in total. The first kappa shape index (κ1) is 17.8. The molecule has 0 N–H and O–H groups in total. The van der Waals surface area contributed by atoms with Gasteiger partial charge in [0.2, 0.25) is 5.78 Å². The van der Waals surface area contributed by atoms with Crippen LogP contribution < -0.4 is 0 Å². The average molecular weight is 371 g/mol. The van der Waals surface area contributed by atoms with E-state index in [2.05, 4.69) is 10.2 Å². The number of carbonyl (C=O) groups is 1. The lowest BCUT2D eigenvalue weighted by molar-refractivity contribution is 0.103. The summed E-state index contributed by atoms with van der Waals surface area (Å²) < 4.78 is 15.7. The minimum absolute atomic E-state index is 0.183. The molecule has 0 radical (unpaired) electrons. The molecule has 3 aromatic carbocycles. The second kappa shape index (κ2) is 7.19. The Morgan fingerprint density at radius 1 is 0.929 bits per heavy atom. The van der Waals surface area contributed by atoms with Crippen LogP contribution in [-0.4, -0.2) is 10.4 Å². The zero-order chi connectivity index (χ0) is 19.7. The third kappa shape index (κ3) is 3.22. The highest BCUT2D eigenvalue weighted by Crippen LogP contribution is 2.36. The highest BCUT2D eigenvalue weighted by Gasteiger charge is 2.22. The maximum absolute atomic E-state index is 13.9. The van der Waals surface area contributed by atoms with E-state index in [1.165, 1.54) is 12.1 Å². The molecule has 0 fully saturated rings. The van der Waals surface area contributed by atoms with Crippen molar-refractivity contribution in [2.75, 3.05) is 0 Å². The summed E-state index contributed by atoms with van der Waals surface area (Å²) in [7, 11) is 1.78. The van der Waals surface area contributed by atoms with Crippen LogP contribution in [0.4, 0.5) is 15.8 Å². The fraction of sp³-hybridized carbons (Fsp3) is 0.0870. The van der Waals surface area contributed by atoms with Crippen LogP contribution in [0.25, 0.3) is 10.9 Å². The number of benzene rings is 3. The maximum Gasteiger partial charge on any atom is 0.211 e. The number of carbonyl (C=O) groups excluding carboxylic acids is 1. The number of nitrogens with zero attached hydrogens (tertiary/aromatic N) is 3. The molecule has 0 spiro atoms. The number of aryl methyl sites for hydroxylation is 2. The van der Waals surface area contributed by atoms with Gasteiger partial charge in [0.05, 0.1) is 11.2 Å². The van der Waals surface area contributed by atoms with Gasteiger partial charge in [-0.25, -0.2) is 4.39 Å². The van der Waals surface area contributed by atoms with Gasteiger partial charge in [0, 0.05) is 18.0 Å². The Morgan fingerprint density at radius 3 is 2.36 bits per heavy atom. The van der Waals surface area contributed by atoms with Gasteiger partial charge in [0.25, 0.3) is 0 Å². The fourth-order valence-electron chi connectivity index (χ4n) is 3.20. The van der Waals surface area contributed by atoms with Crippen molar-refractivity contribution in [3.63, 3.8) is 0 Å². The molecule has 0 aliphatic carbocycles.